The molecule has 0 amide bonds. The molecule has 17 heavy (non-hydrogen) atoms. The van der Waals surface area contributed by atoms with Gasteiger partial charge in [0.25, 0.3) is 0 Å². The van der Waals surface area contributed by atoms with Gasteiger partial charge < -0.3 is 5.73 Å². The second-order valence-corrected chi connectivity index (χ2v) is 5.26. The highest BCUT2D eigenvalue weighted by Gasteiger charge is 2.10. The fourth-order valence-electron chi connectivity index (χ4n) is 2.04. The summed E-state index contributed by atoms with van der Waals surface area (Å²) < 4.78 is 2.13. The van der Waals surface area contributed by atoms with Gasteiger partial charge in [0.1, 0.15) is 10.6 Å². The second-order valence-electron chi connectivity index (χ2n) is 4.37. The van der Waals surface area contributed by atoms with E-state index in [1.165, 1.54) is 21.7 Å². The van der Waals surface area contributed by atoms with Crippen molar-refractivity contribution in [1.29, 1.82) is 0 Å². The number of benzene rings is 1. The van der Waals surface area contributed by atoms with E-state index >= 15 is 0 Å². The van der Waals surface area contributed by atoms with Crippen molar-refractivity contribution in [2.45, 2.75) is 13.8 Å². The third-order valence-electron chi connectivity index (χ3n) is 3.08. The Morgan fingerprint density at radius 3 is 2.53 bits per heavy atom. The molecule has 0 saturated heterocycles. The molecule has 0 aliphatic carbocycles. The molecule has 0 bridgehead atoms. The van der Waals surface area contributed by atoms with Crippen molar-refractivity contribution in [1.82, 2.24) is 4.40 Å². The smallest absolute Gasteiger partial charge is 0.112 e. The van der Waals surface area contributed by atoms with E-state index < -0.39 is 0 Å². The van der Waals surface area contributed by atoms with Gasteiger partial charge in [-0.15, -0.1) is 11.3 Å². The van der Waals surface area contributed by atoms with Gasteiger partial charge in [0, 0.05) is 5.38 Å². The minimum atomic E-state index is 0.844. The summed E-state index contributed by atoms with van der Waals surface area (Å²) in [6.07, 6.45) is 0. The molecule has 0 unspecified atom stereocenters. The van der Waals surface area contributed by atoms with E-state index in [1.54, 1.807) is 11.3 Å². The summed E-state index contributed by atoms with van der Waals surface area (Å²) in [5, 5.41) is 2.16. The highest BCUT2D eigenvalue weighted by atomic mass is 32.1. The Labute approximate surface area is 104 Å². The van der Waals surface area contributed by atoms with Gasteiger partial charge in [-0.2, -0.15) is 0 Å². The van der Waals surface area contributed by atoms with Crippen LogP contribution in [0.3, 0.4) is 0 Å². The second kappa shape index (κ2) is 3.64. The van der Waals surface area contributed by atoms with Crippen molar-refractivity contribution in [2.24, 2.45) is 0 Å². The van der Waals surface area contributed by atoms with Gasteiger partial charge in [-0.3, -0.25) is 4.40 Å². The van der Waals surface area contributed by atoms with E-state index in [2.05, 4.69) is 47.0 Å². The Hall–Kier alpha value is -1.74. The van der Waals surface area contributed by atoms with E-state index in [1.807, 2.05) is 6.92 Å². The van der Waals surface area contributed by atoms with Crippen molar-refractivity contribution in [2.75, 3.05) is 5.73 Å². The first kappa shape index (κ1) is 10.4. The number of rotatable bonds is 1. The van der Waals surface area contributed by atoms with Crippen LogP contribution in [0, 0.1) is 13.8 Å². The lowest BCUT2D eigenvalue weighted by molar-refractivity contribution is 1.24. The van der Waals surface area contributed by atoms with Crippen molar-refractivity contribution < 1.29 is 0 Å². The minimum Gasteiger partial charge on any atom is -0.385 e. The minimum absolute atomic E-state index is 0.844. The van der Waals surface area contributed by atoms with Crippen LogP contribution in [0.4, 0.5) is 5.82 Å². The standard InChI is InChI=1S/C14H14N2S/c1-9-3-5-11(6-4-9)12-8-17-13-7-10(2)14(15)16(12)13/h3-8H,15H2,1-2H3. The zero-order valence-electron chi connectivity index (χ0n) is 9.90. The van der Waals surface area contributed by atoms with E-state index in [9.17, 15) is 0 Å². The van der Waals surface area contributed by atoms with Gasteiger partial charge in [0.05, 0.1) is 5.69 Å². The van der Waals surface area contributed by atoms with Crippen molar-refractivity contribution in [3.63, 3.8) is 0 Å². The number of aryl methyl sites for hydroxylation is 2. The number of aromatic nitrogens is 1. The lowest BCUT2D eigenvalue weighted by Gasteiger charge is -2.03. The molecule has 0 saturated carbocycles. The van der Waals surface area contributed by atoms with Crippen molar-refractivity contribution in [3.8, 4) is 11.3 Å². The summed E-state index contributed by atoms with van der Waals surface area (Å²) in [6.45, 7) is 4.15. The zero-order chi connectivity index (χ0) is 12.0. The van der Waals surface area contributed by atoms with Gasteiger partial charge >= 0.3 is 0 Å². The van der Waals surface area contributed by atoms with Crippen LogP contribution in [0.5, 0.6) is 0 Å². The third-order valence-corrected chi connectivity index (χ3v) is 3.97. The number of nitrogen functional groups attached to an aromatic ring is 1. The Kier molecular flexibility index (Phi) is 2.23. The molecule has 1 aromatic carbocycles. The molecule has 2 aromatic heterocycles. The number of hydrogen-bond donors (Lipinski definition) is 1. The van der Waals surface area contributed by atoms with Crippen molar-refractivity contribution in [3.05, 3.63) is 46.8 Å². The highest BCUT2D eigenvalue weighted by Crippen LogP contribution is 2.31. The molecular formula is C14H14N2S. The number of thiazole rings is 1. The molecule has 2 nitrogen and oxygen atoms in total. The maximum Gasteiger partial charge on any atom is 0.112 e. The molecule has 0 atom stereocenters. The molecule has 0 spiro atoms. The van der Waals surface area contributed by atoms with Gasteiger partial charge in [-0.05, 0) is 31.0 Å². The number of nitrogens with two attached hydrogens (primary N) is 1. The largest absolute Gasteiger partial charge is 0.385 e. The molecule has 3 heteroatoms. The normalized spacial score (nSPS) is 11.2. The summed E-state index contributed by atoms with van der Waals surface area (Å²) in [5.41, 5.74) is 10.9. The Bertz CT molecular complexity index is 674. The first-order valence-corrected chi connectivity index (χ1v) is 6.47. The molecule has 0 aliphatic rings. The quantitative estimate of drug-likeness (QED) is 0.690. The lowest BCUT2D eigenvalue weighted by Crippen LogP contribution is -1.94. The topological polar surface area (TPSA) is 30.4 Å². The van der Waals surface area contributed by atoms with Crippen LogP contribution in [0.1, 0.15) is 11.1 Å². The summed E-state index contributed by atoms with van der Waals surface area (Å²) in [7, 11) is 0. The molecule has 86 valence electrons. The average molecular weight is 242 g/mol. The first-order chi connectivity index (χ1) is 8.16. The van der Waals surface area contributed by atoms with Crippen molar-refractivity contribution >= 4 is 22.0 Å². The average Bonchev–Trinajstić information content (AvgIpc) is 2.83. The third kappa shape index (κ3) is 1.54. The SMILES string of the molecule is Cc1ccc(-c2csc3cc(C)c(N)n23)cc1. The number of anilines is 1. The van der Waals surface area contributed by atoms with E-state index in [0.717, 1.165) is 11.4 Å². The van der Waals surface area contributed by atoms with Gasteiger partial charge in [-0.25, -0.2) is 0 Å². The number of fused-ring (bicyclic) bond motifs is 1. The molecule has 0 fully saturated rings. The molecule has 0 radical (unpaired) electrons. The van der Waals surface area contributed by atoms with Crippen LogP contribution in [0.2, 0.25) is 0 Å². The zero-order valence-corrected chi connectivity index (χ0v) is 10.7. The van der Waals surface area contributed by atoms with Crippen LogP contribution in [0.25, 0.3) is 16.1 Å². The Morgan fingerprint density at radius 1 is 1.12 bits per heavy atom. The number of hydrogen-bond acceptors (Lipinski definition) is 2. The fourth-order valence-corrected chi connectivity index (χ4v) is 3.07. The molecule has 0 aliphatic heterocycles. The van der Waals surface area contributed by atoms with E-state index in [4.69, 9.17) is 5.73 Å². The van der Waals surface area contributed by atoms with Crippen LogP contribution in [-0.4, -0.2) is 4.40 Å². The number of nitrogens with zero attached hydrogens (tertiary/aromatic N) is 1. The molecule has 2 N–H and O–H groups in total. The lowest BCUT2D eigenvalue weighted by atomic mass is 10.1. The summed E-state index contributed by atoms with van der Waals surface area (Å²) in [6, 6.07) is 10.7. The highest BCUT2D eigenvalue weighted by molar-refractivity contribution is 7.16. The molecule has 3 rings (SSSR count). The van der Waals surface area contributed by atoms with E-state index in [-0.39, 0.29) is 0 Å². The van der Waals surface area contributed by atoms with Crippen LogP contribution in [0.15, 0.2) is 35.7 Å². The summed E-state index contributed by atoms with van der Waals surface area (Å²) in [5.74, 6) is 0.844. The van der Waals surface area contributed by atoms with Crippen LogP contribution >= 0.6 is 11.3 Å². The van der Waals surface area contributed by atoms with Gasteiger partial charge in [-0.1, -0.05) is 29.8 Å². The maximum atomic E-state index is 6.12. The maximum absolute atomic E-state index is 6.12. The predicted molar refractivity (Wildman–Crippen MR) is 74.6 cm³/mol. The molecule has 3 aromatic rings. The Balaban J connectivity index is 2.26. The van der Waals surface area contributed by atoms with Gasteiger partial charge in [0.2, 0.25) is 0 Å². The summed E-state index contributed by atoms with van der Waals surface area (Å²) >= 11 is 1.73. The first-order valence-electron chi connectivity index (χ1n) is 5.59. The van der Waals surface area contributed by atoms with Crippen LogP contribution in [-0.2, 0) is 0 Å². The summed E-state index contributed by atoms with van der Waals surface area (Å²) in [4.78, 5) is 1.20. The Morgan fingerprint density at radius 2 is 1.82 bits per heavy atom. The molecule has 2 heterocycles. The van der Waals surface area contributed by atoms with E-state index in [0.29, 0.717) is 0 Å². The fraction of sp³-hybridized carbons (Fsp3) is 0.143. The monoisotopic (exact) mass is 242 g/mol. The van der Waals surface area contributed by atoms with Gasteiger partial charge in [0.15, 0.2) is 0 Å². The predicted octanol–water partition coefficient (Wildman–Crippen LogP) is 3.87. The van der Waals surface area contributed by atoms with Crippen LogP contribution < -0.4 is 5.73 Å². The molecular weight excluding hydrogens is 228 g/mol.